The molecule has 0 atom stereocenters. The molecule has 3 aromatic rings. The second-order valence-corrected chi connectivity index (χ2v) is 7.19. The SMILES string of the molecule is COc1ccc(OCCOC(=O)c2ccc3c(=O)n4c(nc3c2)CCCCC4)cc1. The van der Waals surface area contributed by atoms with Gasteiger partial charge in [-0.25, -0.2) is 9.78 Å². The molecule has 1 aliphatic heterocycles. The standard InChI is InChI=1S/C23H24N2O5/c1-28-17-7-9-18(10-8-17)29-13-14-30-23(27)16-6-11-19-20(15-16)24-21-5-3-2-4-12-25(21)22(19)26/h6-11,15H,2-5,12-14H2,1H3. The molecule has 7 nitrogen and oxygen atoms in total. The number of carbonyl (C=O) groups is 1. The molecule has 0 aliphatic carbocycles. The fraction of sp³-hybridized carbons (Fsp3) is 0.348. The number of hydrogen-bond donors (Lipinski definition) is 0. The summed E-state index contributed by atoms with van der Waals surface area (Å²) in [6, 6.07) is 12.1. The lowest BCUT2D eigenvalue weighted by Crippen LogP contribution is -2.24. The molecule has 0 N–H and O–H groups in total. The zero-order chi connectivity index (χ0) is 20.9. The molecule has 1 aliphatic rings. The molecule has 2 aromatic carbocycles. The van der Waals surface area contributed by atoms with Gasteiger partial charge in [-0.1, -0.05) is 6.42 Å². The molecule has 7 heteroatoms. The van der Waals surface area contributed by atoms with Crippen molar-refractivity contribution < 1.29 is 19.0 Å². The number of benzene rings is 2. The first-order valence-electron chi connectivity index (χ1n) is 10.1. The number of methoxy groups -OCH3 is 1. The van der Waals surface area contributed by atoms with Crippen LogP contribution < -0.4 is 15.0 Å². The van der Waals surface area contributed by atoms with E-state index in [0.717, 1.165) is 37.3 Å². The van der Waals surface area contributed by atoms with Gasteiger partial charge >= 0.3 is 5.97 Å². The summed E-state index contributed by atoms with van der Waals surface area (Å²) in [4.78, 5) is 29.8. The Labute approximate surface area is 174 Å². The molecule has 0 saturated heterocycles. The summed E-state index contributed by atoms with van der Waals surface area (Å²) < 4.78 is 17.7. The van der Waals surface area contributed by atoms with Crippen molar-refractivity contribution in [3.05, 3.63) is 64.2 Å². The second-order valence-electron chi connectivity index (χ2n) is 7.19. The average Bonchev–Trinajstić information content (AvgIpc) is 3.02. The van der Waals surface area contributed by atoms with Gasteiger partial charge in [-0.05, 0) is 55.3 Å². The van der Waals surface area contributed by atoms with Crippen molar-refractivity contribution in [1.82, 2.24) is 9.55 Å². The largest absolute Gasteiger partial charge is 0.497 e. The number of fused-ring (bicyclic) bond motifs is 2. The third kappa shape index (κ3) is 4.30. The first-order valence-corrected chi connectivity index (χ1v) is 10.1. The van der Waals surface area contributed by atoms with E-state index in [4.69, 9.17) is 14.2 Å². The highest BCUT2D eigenvalue weighted by Gasteiger charge is 2.15. The number of nitrogens with zero attached hydrogens (tertiary/aromatic N) is 2. The minimum Gasteiger partial charge on any atom is -0.497 e. The van der Waals surface area contributed by atoms with E-state index in [-0.39, 0.29) is 18.8 Å². The number of esters is 1. The molecule has 2 heterocycles. The molecule has 0 radical (unpaired) electrons. The molecule has 0 bridgehead atoms. The van der Waals surface area contributed by atoms with Crippen LogP contribution in [0, 0.1) is 0 Å². The van der Waals surface area contributed by atoms with Gasteiger partial charge in [-0.3, -0.25) is 9.36 Å². The Balaban J connectivity index is 1.41. The predicted octanol–water partition coefficient (Wildman–Crippen LogP) is 3.37. The number of carbonyl (C=O) groups excluding carboxylic acids is 1. The van der Waals surface area contributed by atoms with Crippen molar-refractivity contribution in [2.24, 2.45) is 0 Å². The normalized spacial score (nSPS) is 13.4. The highest BCUT2D eigenvalue weighted by Crippen LogP contribution is 2.18. The van der Waals surface area contributed by atoms with Gasteiger partial charge in [0.2, 0.25) is 0 Å². The lowest BCUT2D eigenvalue weighted by Gasteiger charge is -2.11. The van der Waals surface area contributed by atoms with Gasteiger partial charge in [0.25, 0.3) is 5.56 Å². The maximum absolute atomic E-state index is 12.8. The highest BCUT2D eigenvalue weighted by molar-refractivity contribution is 5.94. The predicted molar refractivity (Wildman–Crippen MR) is 112 cm³/mol. The quantitative estimate of drug-likeness (QED) is 0.460. The summed E-state index contributed by atoms with van der Waals surface area (Å²) in [7, 11) is 1.60. The van der Waals surface area contributed by atoms with Gasteiger partial charge in [0.15, 0.2) is 0 Å². The number of ether oxygens (including phenoxy) is 3. The third-order valence-corrected chi connectivity index (χ3v) is 5.20. The summed E-state index contributed by atoms with van der Waals surface area (Å²) in [6.45, 7) is 1.05. The molecule has 156 valence electrons. The van der Waals surface area contributed by atoms with Crippen LogP contribution in [0.1, 0.15) is 35.4 Å². The van der Waals surface area contributed by atoms with Crippen molar-refractivity contribution in [1.29, 1.82) is 0 Å². The van der Waals surface area contributed by atoms with Crippen LogP contribution >= 0.6 is 0 Å². The van der Waals surface area contributed by atoms with Crippen molar-refractivity contribution in [3.8, 4) is 11.5 Å². The maximum Gasteiger partial charge on any atom is 0.338 e. The van der Waals surface area contributed by atoms with Crippen molar-refractivity contribution >= 4 is 16.9 Å². The van der Waals surface area contributed by atoms with Gasteiger partial charge < -0.3 is 14.2 Å². The molecule has 0 unspecified atom stereocenters. The molecule has 0 spiro atoms. The van der Waals surface area contributed by atoms with Crippen molar-refractivity contribution in [2.75, 3.05) is 20.3 Å². The Morgan fingerprint density at radius 2 is 1.83 bits per heavy atom. The molecule has 0 saturated carbocycles. The molecule has 30 heavy (non-hydrogen) atoms. The van der Waals surface area contributed by atoms with Crippen molar-refractivity contribution in [2.45, 2.75) is 32.2 Å². The maximum atomic E-state index is 12.8. The summed E-state index contributed by atoms with van der Waals surface area (Å²) in [5.74, 6) is 1.74. The Kier molecular flexibility index (Phi) is 5.97. The summed E-state index contributed by atoms with van der Waals surface area (Å²) in [6.07, 6.45) is 3.88. The fourth-order valence-electron chi connectivity index (χ4n) is 3.59. The van der Waals surface area contributed by atoms with Crippen LogP contribution in [0.3, 0.4) is 0 Å². The lowest BCUT2D eigenvalue weighted by molar-refractivity contribution is 0.0450. The Morgan fingerprint density at radius 3 is 2.63 bits per heavy atom. The van der Waals surface area contributed by atoms with Gasteiger partial charge in [-0.15, -0.1) is 0 Å². The number of aryl methyl sites for hydroxylation is 1. The number of aromatic nitrogens is 2. The van der Waals surface area contributed by atoms with Crippen LogP contribution in [0.15, 0.2) is 47.3 Å². The van der Waals surface area contributed by atoms with E-state index < -0.39 is 5.97 Å². The minimum absolute atomic E-state index is 0.0373. The van der Waals surface area contributed by atoms with E-state index in [9.17, 15) is 9.59 Å². The Morgan fingerprint density at radius 1 is 1.03 bits per heavy atom. The van der Waals surface area contributed by atoms with Crippen LogP contribution in [0.25, 0.3) is 10.9 Å². The molecule has 0 amide bonds. The average molecular weight is 408 g/mol. The van der Waals surface area contributed by atoms with Gasteiger partial charge in [0, 0.05) is 13.0 Å². The van der Waals surface area contributed by atoms with Crippen molar-refractivity contribution in [3.63, 3.8) is 0 Å². The van der Waals surface area contributed by atoms with E-state index in [1.165, 1.54) is 0 Å². The molecule has 0 fully saturated rings. The Hall–Kier alpha value is -3.35. The Bertz CT molecular complexity index is 1110. The summed E-state index contributed by atoms with van der Waals surface area (Å²) in [5.41, 5.74) is 0.874. The number of rotatable bonds is 6. The van der Waals surface area contributed by atoms with E-state index >= 15 is 0 Å². The van der Waals surface area contributed by atoms with E-state index in [2.05, 4.69) is 4.98 Å². The zero-order valence-electron chi connectivity index (χ0n) is 16.9. The topological polar surface area (TPSA) is 79.7 Å². The zero-order valence-corrected chi connectivity index (χ0v) is 16.9. The van der Waals surface area contributed by atoms with Crippen LogP contribution in [-0.4, -0.2) is 35.8 Å². The molecular formula is C23H24N2O5. The third-order valence-electron chi connectivity index (χ3n) is 5.20. The number of hydrogen-bond acceptors (Lipinski definition) is 6. The van der Waals surface area contributed by atoms with Crippen LogP contribution in [0.4, 0.5) is 0 Å². The first-order chi connectivity index (χ1) is 14.7. The summed E-state index contributed by atoms with van der Waals surface area (Å²) >= 11 is 0. The molecular weight excluding hydrogens is 384 g/mol. The van der Waals surface area contributed by atoms with E-state index in [1.54, 1.807) is 54.1 Å². The van der Waals surface area contributed by atoms with E-state index in [0.29, 0.717) is 28.8 Å². The minimum atomic E-state index is -0.466. The van der Waals surface area contributed by atoms with Crippen LogP contribution in [0.5, 0.6) is 11.5 Å². The van der Waals surface area contributed by atoms with E-state index in [1.807, 2.05) is 0 Å². The van der Waals surface area contributed by atoms with Gasteiger partial charge in [0.1, 0.15) is 30.5 Å². The smallest absolute Gasteiger partial charge is 0.338 e. The van der Waals surface area contributed by atoms with Crippen LogP contribution in [-0.2, 0) is 17.7 Å². The molecule has 1 aromatic heterocycles. The monoisotopic (exact) mass is 408 g/mol. The second kappa shape index (κ2) is 8.98. The lowest BCUT2D eigenvalue weighted by atomic mass is 10.1. The first kappa shape index (κ1) is 19.9. The fourth-order valence-corrected chi connectivity index (χ4v) is 3.59. The highest BCUT2D eigenvalue weighted by atomic mass is 16.6. The van der Waals surface area contributed by atoms with Gasteiger partial charge in [-0.2, -0.15) is 0 Å². The van der Waals surface area contributed by atoms with Gasteiger partial charge in [0.05, 0.1) is 23.6 Å². The van der Waals surface area contributed by atoms with Crippen LogP contribution in [0.2, 0.25) is 0 Å². The molecule has 4 rings (SSSR count). The summed E-state index contributed by atoms with van der Waals surface area (Å²) in [5, 5.41) is 0.528.